The third kappa shape index (κ3) is 8.99. The topological polar surface area (TPSA) is 32.3 Å². The maximum absolute atomic E-state index is 10.5. The molecule has 0 amide bonds. The van der Waals surface area contributed by atoms with E-state index >= 15 is 0 Å². The van der Waals surface area contributed by atoms with E-state index in [9.17, 15) is 5.11 Å². The third-order valence-electron chi connectivity index (χ3n) is 4.22. The Morgan fingerprint density at radius 1 is 1.00 bits per heavy atom. The first-order chi connectivity index (χ1) is 10.7. The molecule has 1 aromatic carbocycles. The predicted octanol–water partition coefficient (Wildman–Crippen LogP) is 5.59. The molecule has 0 bridgehead atoms. The lowest BCUT2D eigenvalue weighted by molar-refractivity contribution is 0.126. The van der Waals surface area contributed by atoms with E-state index in [-0.39, 0.29) is 18.4 Å². The van der Waals surface area contributed by atoms with E-state index in [2.05, 4.69) is 37.6 Å². The second-order valence-corrected chi connectivity index (χ2v) is 6.83. The number of unbranched alkanes of at least 4 members (excludes halogenated alkanes) is 5. The molecule has 0 saturated heterocycles. The van der Waals surface area contributed by atoms with Gasteiger partial charge in [0.2, 0.25) is 0 Å². The molecule has 0 spiro atoms. The molecule has 1 aromatic rings. The van der Waals surface area contributed by atoms with E-state index in [1.165, 1.54) is 43.4 Å². The Morgan fingerprint density at radius 3 is 2.17 bits per heavy atom. The highest BCUT2D eigenvalue weighted by Crippen LogP contribution is 2.22. The zero-order valence-corrected chi connectivity index (χ0v) is 16.5. The molecular weight excluding hydrogens is 326 g/mol. The van der Waals surface area contributed by atoms with Crippen LogP contribution < -0.4 is 5.32 Å². The van der Waals surface area contributed by atoms with Gasteiger partial charge in [0.05, 0.1) is 6.10 Å². The molecule has 0 saturated carbocycles. The number of thioether (sulfide) groups is 1. The van der Waals surface area contributed by atoms with Gasteiger partial charge in [-0.05, 0) is 43.3 Å². The van der Waals surface area contributed by atoms with Crippen LogP contribution in [0.25, 0.3) is 0 Å². The SMILES string of the molecule is CCCCCCCCNC(CC)C(O)c1ccc(SC)cc1.Cl. The lowest BCUT2D eigenvalue weighted by atomic mass is 10.00. The average molecular weight is 360 g/mol. The fraction of sp³-hybridized carbons (Fsp3) is 0.684. The Balaban J connectivity index is 0.00000484. The molecule has 1 rings (SSSR count). The largest absolute Gasteiger partial charge is 0.387 e. The highest BCUT2D eigenvalue weighted by molar-refractivity contribution is 7.98. The number of hydrogen-bond acceptors (Lipinski definition) is 3. The number of hydrogen-bond donors (Lipinski definition) is 2. The van der Waals surface area contributed by atoms with Gasteiger partial charge >= 0.3 is 0 Å². The molecule has 2 N–H and O–H groups in total. The summed E-state index contributed by atoms with van der Waals surface area (Å²) in [7, 11) is 0. The zero-order chi connectivity index (χ0) is 16.2. The van der Waals surface area contributed by atoms with Gasteiger partial charge in [-0.15, -0.1) is 24.2 Å². The van der Waals surface area contributed by atoms with Crippen molar-refractivity contribution in [3.8, 4) is 0 Å². The van der Waals surface area contributed by atoms with Crippen LogP contribution in [0.15, 0.2) is 29.2 Å². The summed E-state index contributed by atoms with van der Waals surface area (Å²) in [5.41, 5.74) is 1.01. The van der Waals surface area contributed by atoms with E-state index in [4.69, 9.17) is 0 Å². The van der Waals surface area contributed by atoms with Crippen molar-refractivity contribution in [2.45, 2.75) is 75.8 Å². The van der Waals surface area contributed by atoms with Gasteiger partial charge in [0.1, 0.15) is 0 Å². The lowest BCUT2D eigenvalue weighted by Gasteiger charge is -2.23. The minimum atomic E-state index is -0.416. The van der Waals surface area contributed by atoms with Gasteiger partial charge in [-0.3, -0.25) is 0 Å². The number of halogens is 1. The Kier molecular flexibility index (Phi) is 14.0. The highest BCUT2D eigenvalue weighted by Gasteiger charge is 2.18. The second kappa shape index (κ2) is 14.2. The van der Waals surface area contributed by atoms with E-state index in [0.29, 0.717) is 0 Å². The molecule has 4 heteroatoms. The van der Waals surface area contributed by atoms with Gasteiger partial charge in [0.25, 0.3) is 0 Å². The number of aliphatic hydroxyl groups excluding tert-OH is 1. The molecule has 134 valence electrons. The smallest absolute Gasteiger partial charge is 0.0942 e. The molecule has 23 heavy (non-hydrogen) atoms. The van der Waals surface area contributed by atoms with E-state index in [0.717, 1.165) is 18.5 Å². The van der Waals surface area contributed by atoms with Crippen LogP contribution in [-0.4, -0.2) is 23.9 Å². The number of benzene rings is 1. The quantitative estimate of drug-likeness (QED) is 0.376. The van der Waals surface area contributed by atoms with Crippen molar-refractivity contribution in [3.05, 3.63) is 29.8 Å². The van der Waals surface area contributed by atoms with Gasteiger partial charge in [-0.25, -0.2) is 0 Å². The molecule has 2 atom stereocenters. The van der Waals surface area contributed by atoms with Crippen molar-refractivity contribution >= 4 is 24.2 Å². The van der Waals surface area contributed by atoms with Gasteiger partial charge in [-0.2, -0.15) is 0 Å². The van der Waals surface area contributed by atoms with Crippen LogP contribution in [0.3, 0.4) is 0 Å². The third-order valence-corrected chi connectivity index (χ3v) is 4.96. The van der Waals surface area contributed by atoms with Gasteiger partial charge < -0.3 is 10.4 Å². The first kappa shape index (κ1) is 22.8. The Bertz CT molecular complexity index is 385. The summed E-state index contributed by atoms with van der Waals surface area (Å²) in [6.45, 7) is 5.39. The van der Waals surface area contributed by atoms with Crippen LogP contribution in [-0.2, 0) is 0 Å². The minimum Gasteiger partial charge on any atom is -0.387 e. The molecule has 0 aliphatic carbocycles. The molecule has 0 aliphatic heterocycles. The molecule has 0 heterocycles. The standard InChI is InChI=1S/C19H33NOS.ClH/c1-4-6-7-8-9-10-15-20-18(5-2)19(21)16-11-13-17(22-3)14-12-16;/h11-14,18-21H,4-10,15H2,1-3H3;1H. The Labute approximate surface area is 153 Å². The van der Waals surface area contributed by atoms with Gasteiger partial charge in [0, 0.05) is 10.9 Å². The minimum absolute atomic E-state index is 0. The molecule has 2 nitrogen and oxygen atoms in total. The van der Waals surface area contributed by atoms with Crippen molar-refractivity contribution in [1.82, 2.24) is 5.32 Å². The van der Waals surface area contributed by atoms with Crippen LogP contribution >= 0.6 is 24.2 Å². The summed E-state index contributed by atoms with van der Waals surface area (Å²) in [6, 6.07) is 8.42. The average Bonchev–Trinajstić information content (AvgIpc) is 2.57. The lowest BCUT2D eigenvalue weighted by Crippen LogP contribution is -2.35. The van der Waals surface area contributed by atoms with Crippen molar-refractivity contribution < 1.29 is 5.11 Å². The summed E-state index contributed by atoms with van der Waals surface area (Å²) >= 11 is 1.73. The highest BCUT2D eigenvalue weighted by atomic mass is 35.5. The summed E-state index contributed by atoms with van der Waals surface area (Å²) in [4.78, 5) is 1.24. The first-order valence-electron chi connectivity index (χ1n) is 8.78. The molecule has 2 unspecified atom stereocenters. The van der Waals surface area contributed by atoms with E-state index < -0.39 is 6.10 Å². The monoisotopic (exact) mass is 359 g/mol. The van der Waals surface area contributed by atoms with Gasteiger partial charge in [-0.1, -0.05) is 58.1 Å². The predicted molar refractivity (Wildman–Crippen MR) is 106 cm³/mol. The van der Waals surface area contributed by atoms with Crippen molar-refractivity contribution in [1.29, 1.82) is 0 Å². The summed E-state index contributed by atoms with van der Waals surface area (Å²) in [5.74, 6) is 0. The van der Waals surface area contributed by atoms with Crippen LogP contribution in [0, 0.1) is 0 Å². The van der Waals surface area contributed by atoms with Crippen LogP contribution in [0.5, 0.6) is 0 Å². The summed E-state index contributed by atoms with van der Waals surface area (Å²) in [5, 5.41) is 14.1. The van der Waals surface area contributed by atoms with Crippen LogP contribution in [0.4, 0.5) is 0 Å². The number of aliphatic hydroxyl groups is 1. The van der Waals surface area contributed by atoms with Crippen molar-refractivity contribution in [2.75, 3.05) is 12.8 Å². The zero-order valence-electron chi connectivity index (χ0n) is 14.9. The summed E-state index contributed by atoms with van der Waals surface area (Å²) < 4.78 is 0. The maximum atomic E-state index is 10.5. The van der Waals surface area contributed by atoms with Crippen molar-refractivity contribution in [3.63, 3.8) is 0 Å². The summed E-state index contributed by atoms with van der Waals surface area (Å²) in [6.07, 6.45) is 10.5. The van der Waals surface area contributed by atoms with Crippen LogP contribution in [0.2, 0.25) is 0 Å². The molecule has 0 fully saturated rings. The van der Waals surface area contributed by atoms with Gasteiger partial charge in [0.15, 0.2) is 0 Å². The Hall–Kier alpha value is -0.220. The van der Waals surface area contributed by atoms with Crippen molar-refractivity contribution in [2.24, 2.45) is 0 Å². The maximum Gasteiger partial charge on any atom is 0.0942 e. The van der Waals surface area contributed by atoms with E-state index in [1.807, 2.05) is 12.1 Å². The Morgan fingerprint density at radius 2 is 1.61 bits per heavy atom. The second-order valence-electron chi connectivity index (χ2n) is 5.95. The normalized spacial score (nSPS) is 13.4. The fourth-order valence-corrected chi connectivity index (χ4v) is 3.11. The molecule has 0 aliphatic rings. The molecule has 0 aromatic heterocycles. The first-order valence-corrected chi connectivity index (χ1v) is 10.0. The fourth-order valence-electron chi connectivity index (χ4n) is 2.71. The van der Waals surface area contributed by atoms with E-state index in [1.54, 1.807) is 11.8 Å². The van der Waals surface area contributed by atoms with Crippen LogP contribution in [0.1, 0.15) is 70.5 Å². The molecule has 0 radical (unpaired) electrons. The number of nitrogens with one attached hydrogen (secondary N) is 1. The molecular formula is C19H34ClNOS. The number of rotatable bonds is 12.